The third-order valence-corrected chi connectivity index (χ3v) is 4.35. The van der Waals surface area contributed by atoms with Gasteiger partial charge < -0.3 is 5.11 Å². The predicted molar refractivity (Wildman–Crippen MR) is 79.3 cm³/mol. The summed E-state index contributed by atoms with van der Waals surface area (Å²) >= 11 is 0. The van der Waals surface area contributed by atoms with Crippen LogP contribution in [0.1, 0.15) is 16.8 Å². The van der Waals surface area contributed by atoms with E-state index in [0.29, 0.717) is 16.9 Å². The largest absolute Gasteiger partial charge is 0.384 e. The Labute approximate surface area is 123 Å². The average Bonchev–Trinajstić information content (AvgIpc) is 2.86. The molecule has 0 aliphatic carbocycles. The number of aliphatic hydroxyl groups excluding tert-OH is 1. The number of hydrogen-bond acceptors (Lipinski definition) is 4. The summed E-state index contributed by atoms with van der Waals surface area (Å²) in [4.78, 5) is 0.105. The van der Waals surface area contributed by atoms with Gasteiger partial charge in [0.1, 0.15) is 11.5 Å². The first-order valence-electron chi connectivity index (χ1n) is 6.17. The fraction of sp³-hybridized carbons (Fsp3) is 0.214. The maximum atomic E-state index is 12.3. The molecule has 7 heteroatoms. The van der Waals surface area contributed by atoms with Gasteiger partial charge in [-0.25, -0.2) is 8.42 Å². The van der Waals surface area contributed by atoms with E-state index in [1.54, 1.807) is 32.0 Å². The summed E-state index contributed by atoms with van der Waals surface area (Å²) in [7, 11) is -3.70. The van der Waals surface area contributed by atoms with Crippen molar-refractivity contribution in [1.82, 2.24) is 10.2 Å². The fourth-order valence-electron chi connectivity index (χ4n) is 1.76. The molecule has 21 heavy (non-hydrogen) atoms. The monoisotopic (exact) mass is 305 g/mol. The maximum absolute atomic E-state index is 12.3. The van der Waals surface area contributed by atoms with Gasteiger partial charge >= 0.3 is 0 Å². The number of sulfonamides is 1. The summed E-state index contributed by atoms with van der Waals surface area (Å²) in [5.74, 6) is 5.26. The lowest BCUT2D eigenvalue weighted by Crippen LogP contribution is -2.14. The van der Waals surface area contributed by atoms with Gasteiger partial charge in [-0.15, -0.1) is 0 Å². The Morgan fingerprint density at radius 3 is 2.76 bits per heavy atom. The van der Waals surface area contributed by atoms with Crippen molar-refractivity contribution in [3.63, 3.8) is 0 Å². The first kappa shape index (κ1) is 15.1. The van der Waals surface area contributed by atoms with Gasteiger partial charge in [0, 0.05) is 5.56 Å². The lowest BCUT2D eigenvalue weighted by molar-refractivity contribution is 0.350. The van der Waals surface area contributed by atoms with E-state index in [-0.39, 0.29) is 11.5 Å². The number of H-pyrrole nitrogens is 1. The van der Waals surface area contributed by atoms with Crippen molar-refractivity contribution in [3.05, 3.63) is 41.2 Å². The van der Waals surface area contributed by atoms with E-state index in [2.05, 4.69) is 26.8 Å². The standard InChI is InChI=1S/C14H15N3O3S/c1-10-5-6-12(4-3-7-18)8-13(10)17-21(19,20)14-9-15-16-11(14)2/h5-6,8-9,17-18H,7H2,1-2H3,(H,15,16). The molecule has 0 atom stereocenters. The minimum atomic E-state index is -3.70. The first-order valence-corrected chi connectivity index (χ1v) is 7.65. The molecular weight excluding hydrogens is 290 g/mol. The highest BCUT2D eigenvalue weighted by Gasteiger charge is 2.19. The van der Waals surface area contributed by atoms with E-state index >= 15 is 0 Å². The number of benzene rings is 1. The summed E-state index contributed by atoms with van der Waals surface area (Å²) in [6, 6.07) is 5.16. The van der Waals surface area contributed by atoms with Crippen LogP contribution in [0.25, 0.3) is 0 Å². The summed E-state index contributed by atoms with van der Waals surface area (Å²) in [6.45, 7) is 3.18. The van der Waals surface area contributed by atoms with Crippen LogP contribution in [-0.4, -0.2) is 30.3 Å². The minimum Gasteiger partial charge on any atom is -0.384 e. The smallest absolute Gasteiger partial charge is 0.265 e. The van der Waals surface area contributed by atoms with Gasteiger partial charge in [0.25, 0.3) is 10.0 Å². The Kier molecular flexibility index (Phi) is 4.31. The van der Waals surface area contributed by atoms with E-state index in [0.717, 1.165) is 5.56 Å². The molecule has 1 aromatic carbocycles. The van der Waals surface area contributed by atoms with Crippen LogP contribution >= 0.6 is 0 Å². The van der Waals surface area contributed by atoms with E-state index in [1.165, 1.54) is 6.20 Å². The molecule has 0 saturated heterocycles. The summed E-state index contributed by atoms with van der Waals surface area (Å²) in [5.41, 5.74) is 2.31. The van der Waals surface area contributed by atoms with Gasteiger partial charge in [0.2, 0.25) is 0 Å². The van der Waals surface area contributed by atoms with Gasteiger partial charge in [-0.3, -0.25) is 9.82 Å². The molecule has 0 unspecified atom stereocenters. The van der Waals surface area contributed by atoms with Crippen LogP contribution in [0.4, 0.5) is 5.69 Å². The van der Waals surface area contributed by atoms with Crippen molar-refractivity contribution < 1.29 is 13.5 Å². The van der Waals surface area contributed by atoms with Crippen LogP contribution < -0.4 is 4.72 Å². The molecule has 1 heterocycles. The molecule has 0 aliphatic heterocycles. The topological polar surface area (TPSA) is 95.1 Å². The van der Waals surface area contributed by atoms with Gasteiger partial charge in [-0.05, 0) is 31.5 Å². The van der Waals surface area contributed by atoms with Gasteiger partial charge in [-0.1, -0.05) is 17.9 Å². The molecule has 0 saturated carbocycles. The molecule has 3 N–H and O–H groups in total. The molecule has 6 nitrogen and oxygen atoms in total. The number of nitrogens with zero attached hydrogens (tertiary/aromatic N) is 1. The van der Waals surface area contributed by atoms with E-state index in [9.17, 15) is 8.42 Å². The third-order valence-electron chi connectivity index (χ3n) is 2.87. The number of aromatic amines is 1. The molecule has 2 aromatic rings. The number of aryl methyl sites for hydroxylation is 2. The van der Waals surface area contributed by atoms with Crippen molar-refractivity contribution >= 4 is 15.7 Å². The average molecular weight is 305 g/mol. The molecular formula is C14H15N3O3S. The number of aliphatic hydroxyl groups is 1. The normalized spacial score (nSPS) is 10.8. The molecule has 0 fully saturated rings. The van der Waals surface area contributed by atoms with Crippen LogP contribution in [0.2, 0.25) is 0 Å². The molecule has 0 aliphatic rings. The molecule has 1 aromatic heterocycles. The van der Waals surface area contributed by atoms with Crippen molar-refractivity contribution in [2.75, 3.05) is 11.3 Å². The zero-order valence-electron chi connectivity index (χ0n) is 11.6. The summed E-state index contributed by atoms with van der Waals surface area (Å²) < 4.78 is 27.2. The maximum Gasteiger partial charge on any atom is 0.265 e. The Morgan fingerprint density at radius 2 is 2.14 bits per heavy atom. The van der Waals surface area contributed by atoms with Crippen LogP contribution in [-0.2, 0) is 10.0 Å². The number of nitrogens with one attached hydrogen (secondary N) is 2. The first-order chi connectivity index (χ1) is 9.94. The highest BCUT2D eigenvalue weighted by atomic mass is 32.2. The number of anilines is 1. The van der Waals surface area contributed by atoms with Crippen LogP contribution in [0, 0.1) is 25.7 Å². The molecule has 2 rings (SSSR count). The molecule has 0 spiro atoms. The van der Waals surface area contributed by atoms with E-state index < -0.39 is 10.0 Å². The molecule has 0 bridgehead atoms. The highest BCUT2D eigenvalue weighted by Crippen LogP contribution is 2.21. The van der Waals surface area contributed by atoms with Crippen LogP contribution in [0.5, 0.6) is 0 Å². The van der Waals surface area contributed by atoms with Crippen molar-refractivity contribution in [3.8, 4) is 11.8 Å². The van der Waals surface area contributed by atoms with Gasteiger partial charge in [-0.2, -0.15) is 5.10 Å². The summed E-state index contributed by atoms with van der Waals surface area (Å²) in [5, 5.41) is 15.0. The third kappa shape index (κ3) is 3.42. The fourth-order valence-corrected chi connectivity index (χ4v) is 3.02. The van der Waals surface area contributed by atoms with Gasteiger partial charge in [0.05, 0.1) is 17.6 Å². The van der Waals surface area contributed by atoms with Crippen molar-refractivity contribution in [2.45, 2.75) is 18.7 Å². The predicted octanol–water partition coefficient (Wildman–Crippen LogP) is 1.17. The quantitative estimate of drug-likeness (QED) is 0.742. The number of aromatic nitrogens is 2. The van der Waals surface area contributed by atoms with Crippen molar-refractivity contribution in [2.24, 2.45) is 0 Å². The van der Waals surface area contributed by atoms with Crippen LogP contribution in [0.15, 0.2) is 29.3 Å². The second-order valence-corrected chi connectivity index (χ2v) is 6.11. The Balaban J connectivity index is 2.37. The molecule has 110 valence electrons. The summed E-state index contributed by atoms with van der Waals surface area (Å²) in [6.07, 6.45) is 1.27. The number of hydrogen-bond donors (Lipinski definition) is 3. The Morgan fingerprint density at radius 1 is 1.38 bits per heavy atom. The number of rotatable bonds is 3. The second kappa shape index (κ2) is 5.99. The van der Waals surface area contributed by atoms with Gasteiger partial charge in [0.15, 0.2) is 0 Å². The van der Waals surface area contributed by atoms with Crippen LogP contribution in [0.3, 0.4) is 0 Å². The van der Waals surface area contributed by atoms with Crippen molar-refractivity contribution in [1.29, 1.82) is 0 Å². The Bertz CT molecular complexity index is 813. The lowest BCUT2D eigenvalue weighted by atomic mass is 10.1. The highest BCUT2D eigenvalue weighted by molar-refractivity contribution is 7.92. The second-order valence-electron chi connectivity index (χ2n) is 4.45. The van der Waals surface area contributed by atoms with E-state index in [1.807, 2.05) is 0 Å². The van der Waals surface area contributed by atoms with E-state index in [4.69, 9.17) is 5.11 Å². The molecule has 0 amide bonds. The Hall–Kier alpha value is -2.30. The lowest BCUT2D eigenvalue weighted by Gasteiger charge is -2.10. The SMILES string of the molecule is Cc1ccc(C#CCO)cc1NS(=O)(=O)c1cn[nH]c1C. The molecule has 0 radical (unpaired) electrons. The zero-order chi connectivity index (χ0) is 15.5. The zero-order valence-corrected chi connectivity index (χ0v) is 12.5. The minimum absolute atomic E-state index is 0.105.